The van der Waals surface area contributed by atoms with Crippen molar-refractivity contribution in [3.63, 3.8) is 0 Å². The number of amides is 2. The number of carbonyl (C=O) groups is 3. The van der Waals surface area contributed by atoms with Gasteiger partial charge in [-0.3, -0.25) is 14.2 Å². The number of anilines is 2. The molecular formula is C27H30ClF3N4O4. The Kier molecular flexibility index (Phi) is 9.29. The van der Waals surface area contributed by atoms with Crippen molar-refractivity contribution in [2.75, 3.05) is 31.3 Å². The van der Waals surface area contributed by atoms with Crippen LogP contribution in [0.15, 0.2) is 48.7 Å². The number of rotatable bonds is 9. The van der Waals surface area contributed by atoms with E-state index >= 15 is 0 Å². The molecule has 39 heavy (non-hydrogen) atoms. The summed E-state index contributed by atoms with van der Waals surface area (Å²) in [7, 11) is 3.76. The molecule has 0 aliphatic heterocycles. The highest BCUT2D eigenvalue weighted by Crippen LogP contribution is 2.31. The largest absolute Gasteiger partial charge is 0.458 e. The molecule has 0 radical (unpaired) electrons. The Morgan fingerprint density at radius 1 is 1.00 bits per heavy atom. The van der Waals surface area contributed by atoms with Gasteiger partial charge in [0.2, 0.25) is 5.91 Å². The normalized spacial score (nSPS) is 12.0. The minimum absolute atomic E-state index is 0.0484. The summed E-state index contributed by atoms with van der Waals surface area (Å²) in [5.41, 5.74) is -0.588. The van der Waals surface area contributed by atoms with Crippen LogP contribution in [0.3, 0.4) is 0 Å². The zero-order valence-corrected chi connectivity index (χ0v) is 22.7. The minimum atomic E-state index is -4.49. The summed E-state index contributed by atoms with van der Waals surface area (Å²) in [6, 6.07) is 8.09. The molecular weight excluding hydrogens is 537 g/mol. The van der Waals surface area contributed by atoms with Crippen LogP contribution in [0.1, 0.15) is 43.5 Å². The number of carbonyl (C=O) groups excluding carboxylic acids is 3. The molecule has 0 spiro atoms. The molecule has 2 amide bonds. The number of ether oxygens (including phenoxy) is 1. The van der Waals surface area contributed by atoms with E-state index < -0.39 is 29.3 Å². The summed E-state index contributed by atoms with van der Waals surface area (Å²) in [4.78, 5) is 39.8. The highest BCUT2D eigenvalue weighted by atomic mass is 35.5. The molecule has 0 fully saturated rings. The quantitative estimate of drug-likeness (QED) is 0.283. The Morgan fingerprint density at radius 3 is 2.28 bits per heavy atom. The minimum Gasteiger partial charge on any atom is -0.458 e. The van der Waals surface area contributed by atoms with Crippen molar-refractivity contribution in [3.05, 3.63) is 59.2 Å². The molecule has 0 unspecified atom stereocenters. The first-order valence-corrected chi connectivity index (χ1v) is 12.5. The zero-order chi connectivity index (χ0) is 29.0. The van der Waals surface area contributed by atoms with Crippen LogP contribution in [0.2, 0.25) is 5.02 Å². The van der Waals surface area contributed by atoms with E-state index in [-0.39, 0.29) is 36.5 Å². The number of urea groups is 1. The van der Waals surface area contributed by atoms with Crippen LogP contribution in [-0.2, 0) is 15.7 Å². The average molecular weight is 567 g/mol. The fourth-order valence-electron chi connectivity index (χ4n) is 4.19. The average Bonchev–Trinajstić information content (AvgIpc) is 3.14. The first-order chi connectivity index (χ1) is 18.1. The lowest BCUT2D eigenvalue weighted by Gasteiger charge is -2.28. The molecule has 12 heteroatoms. The number of nitrogens with zero attached hydrogens (tertiary/aromatic N) is 2. The number of benzene rings is 2. The lowest BCUT2D eigenvalue weighted by Crippen LogP contribution is -2.38. The van der Waals surface area contributed by atoms with Crippen LogP contribution in [0.25, 0.3) is 10.9 Å². The van der Waals surface area contributed by atoms with Gasteiger partial charge in [0, 0.05) is 41.7 Å². The molecule has 2 aromatic carbocycles. The molecule has 0 aliphatic carbocycles. The third-order valence-corrected chi connectivity index (χ3v) is 5.85. The van der Waals surface area contributed by atoms with Crippen molar-refractivity contribution >= 4 is 51.8 Å². The zero-order valence-electron chi connectivity index (χ0n) is 22.0. The van der Waals surface area contributed by atoms with E-state index in [4.69, 9.17) is 16.3 Å². The summed E-state index contributed by atoms with van der Waals surface area (Å²) in [6.45, 7) is 4.18. The number of likely N-dealkylation sites (N-methyl/N-ethyl adjacent to an activating group) is 1. The maximum Gasteiger partial charge on any atom is 0.416 e. The highest BCUT2D eigenvalue weighted by Gasteiger charge is 2.30. The molecule has 2 N–H and O–H groups in total. The molecule has 0 aliphatic rings. The van der Waals surface area contributed by atoms with Crippen LogP contribution < -0.4 is 10.6 Å². The second-order valence-corrected chi connectivity index (χ2v) is 10.4. The molecule has 0 saturated carbocycles. The molecule has 1 aromatic heterocycles. The molecule has 0 atom stereocenters. The van der Waals surface area contributed by atoms with Gasteiger partial charge in [-0.2, -0.15) is 13.2 Å². The smallest absolute Gasteiger partial charge is 0.416 e. The number of halogens is 4. The Labute approximate surface area is 229 Å². The number of aromatic nitrogens is 1. The lowest BCUT2D eigenvalue weighted by atomic mass is 10.1. The number of fused-ring (bicyclic) bond motifs is 1. The Hall–Kier alpha value is -3.57. The van der Waals surface area contributed by atoms with Crippen LogP contribution in [0.4, 0.5) is 29.3 Å². The van der Waals surface area contributed by atoms with Crippen LogP contribution in [-0.4, -0.2) is 53.6 Å². The fraction of sp³-hybridized carbons (Fsp3) is 0.370. The van der Waals surface area contributed by atoms with Gasteiger partial charge >= 0.3 is 18.2 Å². The first kappa shape index (κ1) is 30.0. The highest BCUT2D eigenvalue weighted by molar-refractivity contribution is 6.31. The molecule has 0 saturated heterocycles. The molecule has 210 valence electrons. The van der Waals surface area contributed by atoms with E-state index in [1.165, 1.54) is 10.8 Å². The van der Waals surface area contributed by atoms with Gasteiger partial charge in [0.05, 0.1) is 16.8 Å². The number of esters is 1. The van der Waals surface area contributed by atoms with Gasteiger partial charge in [0.25, 0.3) is 0 Å². The van der Waals surface area contributed by atoms with Crippen molar-refractivity contribution in [3.8, 4) is 0 Å². The topological polar surface area (TPSA) is 92.7 Å². The van der Waals surface area contributed by atoms with Gasteiger partial charge in [0.1, 0.15) is 5.60 Å². The van der Waals surface area contributed by atoms with E-state index in [1.54, 1.807) is 18.2 Å². The van der Waals surface area contributed by atoms with E-state index in [9.17, 15) is 27.6 Å². The fourth-order valence-corrected chi connectivity index (χ4v) is 4.36. The first-order valence-electron chi connectivity index (χ1n) is 12.1. The van der Waals surface area contributed by atoms with Crippen LogP contribution in [0.5, 0.6) is 0 Å². The third kappa shape index (κ3) is 8.46. The second kappa shape index (κ2) is 12.1. The van der Waals surface area contributed by atoms with E-state index in [2.05, 4.69) is 10.6 Å². The van der Waals surface area contributed by atoms with Gasteiger partial charge in [-0.15, -0.1) is 0 Å². The summed E-state index contributed by atoms with van der Waals surface area (Å²) in [5, 5.41) is 5.95. The number of hydrogen-bond donors (Lipinski definition) is 2. The summed E-state index contributed by atoms with van der Waals surface area (Å²) in [5.74, 6) is -0.708. The predicted octanol–water partition coefficient (Wildman–Crippen LogP) is 6.65. The summed E-state index contributed by atoms with van der Waals surface area (Å²) in [6.07, 6.45) is -2.67. The number of nitrogens with one attached hydrogen (secondary N) is 2. The lowest BCUT2D eigenvalue weighted by molar-refractivity contribution is -0.157. The van der Waals surface area contributed by atoms with Crippen molar-refractivity contribution in [1.82, 2.24) is 9.47 Å². The predicted molar refractivity (Wildman–Crippen MR) is 144 cm³/mol. The second-order valence-electron chi connectivity index (χ2n) is 9.95. The SMILES string of the molecule is CN(C)CC(C)(C)OC(=O)CCCC(=O)n1cc(NC(=O)Nc2ccc(C(F)(F)F)cc2)c2cc(Cl)ccc21. The van der Waals surface area contributed by atoms with Crippen LogP contribution in [0, 0.1) is 0 Å². The van der Waals surface area contributed by atoms with Crippen molar-refractivity contribution < 1.29 is 32.3 Å². The van der Waals surface area contributed by atoms with E-state index in [0.717, 1.165) is 24.3 Å². The standard InChI is InChI=1S/C27H30ClF3N4O4/c1-26(2,16-34(3)4)39-24(37)7-5-6-23(36)35-15-21(20-14-18(28)10-13-22(20)35)33-25(38)32-19-11-8-17(9-12-19)27(29,30)31/h8-15H,5-7,16H2,1-4H3,(H2,32,33,38). The van der Waals surface area contributed by atoms with E-state index in [0.29, 0.717) is 22.5 Å². The van der Waals surface area contributed by atoms with Gasteiger partial charge in [0.15, 0.2) is 0 Å². The Balaban J connectivity index is 1.67. The molecule has 0 bridgehead atoms. The Bertz CT molecular complexity index is 1350. The molecule has 3 rings (SSSR count). The Morgan fingerprint density at radius 2 is 1.67 bits per heavy atom. The maximum absolute atomic E-state index is 13.0. The summed E-state index contributed by atoms with van der Waals surface area (Å²) < 4.78 is 45.2. The third-order valence-electron chi connectivity index (χ3n) is 5.61. The van der Waals surface area contributed by atoms with Crippen molar-refractivity contribution in [2.45, 2.75) is 44.9 Å². The van der Waals surface area contributed by atoms with Crippen molar-refractivity contribution in [2.24, 2.45) is 0 Å². The number of hydrogen-bond acceptors (Lipinski definition) is 5. The molecule has 1 heterocycles. The maximum atomic E-state index is 13.0. The van der Waals surface area contributed by atoms with Gasteiger partial charge in [-0.1, -0.05) is 11.6 Å². The number of alkyl halides is 3. The van der Waals surface area contributed by atoms with Gasteiger partial charge < -0.3 is 20.3 Å². The van der Waals surface area contributed by atoms with Gasteiger partial charge in [-0.25, -0.2) is 4.79 Å². The van der Waals surface area contributed by atoms with Crippen molar-refractivity contribution in [1.29, 1.82) is 0 Å². The monoisotopic (exact) mass is 566 g/mol. The van der Waals surface area contributed by atoms with Crippen LogP contribution >= 0.6 is 11.6 Å². The van der Waals surface area contributed by atoms with E-state index in [1.807, 2.05) is 32.8 Å². The summed E-state index contributed by atoms with van der Waals surface area (Å²) >= 11 is 6.13. The van der Waals surface area contributed by atoms with Gasteiger partial charge in [-0.05, 0) is 76.8 Å². The molecule has 8 nitrogen and oxygen atoms in total. The molecule has 3 aromatic rings.